The molecule has 4 heteroatoms. The highest BCUT2D eigenvalue weighted by Gasteiger charge is 2.28. The van der Waals surface area contributed by atoms with Crippen LogP contribution in [0.3, 0.4) is 0 Å². The molecule has 0 amide bonds. The van der Waals surface area contributed by atoms with Crippen molar-refractivity contribution in [1.82, 2.24) is 0 Å². The van der Waals surface area contributed by atoms with E-state index in [2.05, 4.69) is 0 Å². The van der Waals surface area contributed by atoms with E-state index >= 15 is 0 Å². The monoisotopic (exact) mass is 416 g/mol. The summed E-state index contributed by atoms with van der Waals surface area (Å²) < 4.78 is 0. The molecule has 1 aliphatic rings. The third-order valence-electron chi connectivity index (χ3n) is 5.63. The molecule has 0 saturated carbocycles. The minimum Gasteiger partial charge on any atom is -0.285 e. The molecule has 0 saturated heterocycles. The smallest absolute Gasteiger partial charge is 0.233 e. The van der Waals surface area contributed by atoms with Crippen molar-refractivity contribution >= 4 is 23.1 Å². The Balaban J connectivity index is 1.44. The number of hydrogen-bond donors (Lipinski definition) is 0. The zero-order valence-corrected chi connectivity index (χ0v) is 16.9. The summed E-state index contributed by atoms with van der Waals surface area (Å²) in [4.78, 5) is 50.5. The van der Waals surface area contributed by atoms with Gasteiger partial charge in [0.1, 0.15) is 0 Å². The van der Waals surface area contributed by atoms with Gasteiger partial charge in [0.05, 0.1) is 0 Å². The molecule has 5 rings (SSSR count). The van der Waals surface area contributed by atoms with Crippen molar-refractivity contribution in [3.05, 3.63) is 119 Å². The molecule has 0 unspecified atom stereocenters. The summed E-state index contributed by atoms with van der Waals surface area (Å²) >= 11 is 0. The molecule has 0 fully saturated rings. The van der Waals surface area contributed by atoms with E-state index < -0.39 is 23.1 Å². The van der Waals surface area contributed by atoms with Gasteiger partial charge in [-0.15, -0.1) is 0 Å². The molecule has 32 heavy (non-hydrogen) atoms. The summed E-state index contributed by atoms with van der Waals surface area (Å²) in [6.07, 6.45) is 0. The van der Waals surface area contributed by atoms with E-state index in [1.54, 1.807) is 97.1 Å². The van der Waals surface area contributed by atoms with Crippen molar-refractivity contribution in [2.75, 3.05) is 0 Å². The van der Waals surface area contributed by atoms with Gasteiger partial charge in [-0.2, -0.15) is 0 Å². The van der Waals surface area contributed by atoms with E-state index in [4.69, 9.17) is 0 Å². The van der Waals surface area contributed by atoms with Crippen molar-refractivity contribution in [2.45, 2.75) is 0 Å². The maximum Gasteiger partial charge on any atom is 0.233 e. The number of ketones is 4. The molecule has 0 heterocycles. The van der Waals surface area contributed by atoms with Crippen molar-refractivity contribution in [3.8, 4) is 22.3 Å². The van der Waals surface area contributed by atoms with Gasteiger partial charge in [0.25, 0.3) is 0 Å². The summed E-state index contributed by atoms with van der Waals surface area (Å²) in [5.41, 5.74) is 4.72. The van der Waals surface area contributed by atoms with E-state index in [-0.39, 0.29) is 0 Å². The lowest BCUT2D eigenvalue weighted by atomic mass is 9.78. The number of fused-ring (bicyclic) bond motifs is 4. The number of rotatable bonds is 6. The molecule has 1 aliphatic carbocycles. The second-order valence-electron chi connectivity index (χ2n) is 7.57. The second-order valence-corrected chi connectivity index (χ2v) is 7.57. The van der Waals surface area contributed by atoms with Gasteiger partial charge in [0.15, 0.2) is 0 Å². The SMILES string of the molecule is O=C(C(=O)c1ccc2c(c1)-c1cc(C(=O)C(=O)c3ccccc3)ccc1-2)c1ccccc1. The van der Waals surface area contributed by atoms with Crippen LogP contribution in [0.15, 0.2) is 97.1 Å². The molecule has 0 spiro atoms. The Bertz CT molecular complexity index is 1310. The molecule has 0 bridgehead atoms. The van der Waals surface area contributed by atoms with Gasteiger partial charge in [0, 0.05) is 22.3 Å². The first kappa shape index (κ1) is 19.5. The summed E-state index contributed by atoms with van der Waals surface area (Å²) in [5, 5.41) is 0. The van der Waals surface area contributed by atoms with Gasteiger partial charge in [-0.1, -0.05) is 84.9 Å². The molecule has 152 valence electrons. The normalized spacial score (nSPS) is 11.0. The maximum absolute atomic E-state index is 12.7. The van der Waals surface area contributed by atoms with Gasteiger partial charge in [-0.25, -0.2) is 0 Å². The average molecular weight is 416 g/mol. The van der Waals surface area contributed by atoms with Crippen molar-refractivity contribution in [3.63, 3.8) is 0 Å². The molecule has 4 nitrogen and oxygen atoms in total. The second kappa shape index (κ2) is 7.67. The number of carbonyl (C=O) groups excluding carboxylic acids is 4. The fraction of sp³-hybridized carbons (Fsp3) is 0. The van der Waals surface area contributed by atoms with Crippen molar-refractivity contribution in [2.24, 2.45) is 0 Å². The summed E-state index contributed by atoms with van der Waals surface area (Å²) in [6.45, 7) is 0. The van der Waals surface area contributed by atoms with E-state index in [1.807, 2.05) is 0 Å². The summed E-state index contributed by atoms with van der Waals surface area (Å²) in [5.74, 6) is -2.30. The first-order valence-electron chi connectivity index (χ1n) is 10.1. The number of Topliss-reactive ketones (excluding diaryl/α,β-unsaturated/α-hetero) is 4. The van der Waals surface area contributed by atoms with Crippen LogP contribution in [0.1, 0.15) is 41.4 Å². The lowest BCUT2D eigenvalue weighted by molar-refractivity contribution is 0.0817. The van der Waals surface area contributed by atoms with Crippen LogP contribution >= 0.6 is 0 Å². The molecular formula is C28H16O4. The molecule has 0 N–H and O–H groups in total. The Hall–Kier alpha value is -4.44. The van der Waals surface area contributed by atoms with Crippen LogP contribution in [-0.2, 0) is 0 Å². The van der Waals surface area contributed by atoms with E-state index in [0.717, 1.165) is 22.3 Å². The van der Waals surface area contributed by atoms with Crippen molar-refractivity contribution in [1.29, 1.82) is 0 Å². The Morgan fingerprint density at radius 2 is 0.688 bits per heavy atom. The number of benzene rings is 4. The van der Waals surface area contributed by atoms with Crippen LogP contribution in [0, 0.1) is 0 Å². The number of hydrogen-bond acceptors (Lipinski definition) is 4. The quantitative estimate of drug-likeness (QED) is 0.272. The van der Waals surface area contributed by atoms with Gasteiger partial charge < -0.3 is 0 Å². The molecule has 4 aromatic carbocycles. The predicted molar refractivity (Wildman–Crippen MR) is 121 cm³/mol. The summed E-state index contributed by atoms with van der Waals surface area (Å²) in [6, 6.07) is 27.1. The fourth-order valence-corrected chi connectivity index (χ4v) is 3.93. The van der Waals surface area contributed by atoms with Crippen LogP contribution in [0.4, 0.5) is 0 Å². The predicted octanol–water partition coefficient (Wildman–Crippen LogP) is 5.47. The highest BCUT2D eigenvalue weighted by molar-refractivity contribution is 6.50. The lowest BCUT2D eigenvalue weighted by Gasteiger charge is -2.25. The Morgan fingerprint density at radius 3 is 1.06 bits per heavy atom. The average Bonchev–Trinajstić information content (AvgIpc) is 2.86. The topological polar surface area (TPSA) is 68.3 Å². The highest BCUT2D eigenvalue weighted by Crippen LogP contribution is 2.47. The Morgan fingerprint density at radius 1 is 0.344 bits per heavy atom. The van der Waals surface area contributed by atoms with Crippen molar-refractivity contribution < 1.29 is 19.2 Å². The Kier molecular flexibility index (Phi) is 4.68. The maximum atomic E-state index is 12.7. The zero-order chi connectivity index (χ0) is 22.2. The van der Waals surface area contributed by atoms with Crippen LogP contribution in [-0.4, -0.2) is 23.1 Å². The highest BCUT2D eigenvalue weighted by atomic mass is 16.2. The number of carbonyl (C=O) groups is 4. The van der Waals surface area contributed by atoms with Crippen LogP contribution < -0.4 is 0 Å². The largest absolute Gasteiger partial charge is 0.285 e. The molecule has 0 aromatic heterocycles. The first-order chi connectivity index (χ1) is 15.5. The van der Waals surface area contributed by atoms with Gasteiger partial charge in [-0.05, 0) is 34.4 Å². The molecule has 0 atom stereocenters. The van der Waals surface area contributed by atoms with Gasteiger partial charge >= 0.3 is 0 Å². The third-order valence-corrected chi connectivity index (χ3v) is 5.63. The molecule has 0 radical (unpaired) electrons. The van der Waals surface area contributed by atoms with Gasteiger partial charge in [-0.3, -0.25) is 19.2 Å². The van der Waals surface area contributed by atoms with E-state index in [1.165, 1.54) is 0 Å². The van der Waals surface area contributed by atoms with Crippen LogP contribution in [0.25, 0.3) is 22.3 Å². The Labute approximate surface area is 184 Å². The molecule has 4 aromatic rings. The third kappa shape index (κ3) is 3.19. The minimum absolute atomic E-state index is 0.292. The van der Waals surface area contributed by atoms with E-state index in [9.17, 15) is 19.2 Å². The lowest BCUT2D eigenvalue weighted by Crippen LogP contribution is -2.16. The van der Waals surface area contributed by atoms with E-state index in [0.29, 0.717) is 22.3 Å². The fourth-order valence-electron chi connectivity index (χ4n) is 3.93. The summed E-state index contributed by atoms with van der Waals surface area (Å²) in [7, 11) is 0. The van der Waals surface area contributed by atoms with Gasteiger partial charge in [0.2, 0.25) is 23.1 Å². The minimum atomic E-state index is -0.584. The molecule has 0 aliphatic heterocycles. The van der Waals surface area contributed by atoms with Crippen LogP contribution in [0.2, 0.25) is 0 Å². The first-order valence-corrected chi connectivity index (χ1v) is 10.1. The zero-order valence-electron chi connectivity index (χ0n) is 16.9. The standard InChI is InChI=1S/C28H16O4/c29-25(17-7-3-1-4-8-17)27(31)19-11-13-21-22-14-12-20(16-24(22)23(21)15-19)28(32)26(30)18-9-5-2-6-10-18/h1-16H. The van der Waals surface area contributed by atoms with Crippen LogP contribution in [0.5, 0.6) is 0 Å². The molecular weight excluding hydrogens is 400 g/mol.